The van der Waals surface area contributed by atoms with Crippen LogP contribution in [0.1, 0.15) is 64.9 Å². The van der Waals surface area contributed by atoms with Crippen LogP contribution in [0, 0.1) is 0 Å². The third-order valence-corrected chi connectivity index (χ3v) is 3.34. The summed E-state index contributed by atoms with van der Waals surface area (Å²) in [5.41, 5.74) is 2.76. The first kappa shape index (κ1) is 14.1. The standard InChI is InChI=1S/C16H27N/c1-5-7-10-14(6-2)17-16-12-9-8-11-15(16)13(3)4/h8-9,11-14,17H,5-7,10H2,1-4H3. The molecule has 0 amide bonds. The van der Waals surface area contributed by atoms with Gasteiger partial charge in [0, 0.05) is 11.7 Å². The molecular formula is C16H27N. The summed E-state index contributed by atoms with van der Waals surface area (Å²) in [6.07, 6.45) is 5.07. The Kier molecular flexibility index (Phi) is 6.10. The van der Waals surface area contributed by atoms with Crippen LogP contribution in [0.5, 0.6) is 0 Å². The van der Waals surface area contributed by atoms with Crippen molar-refractivity contribution in [2.45, 2.75) is 65.3 Å². The fourth-order valence-electron chi connectivity index (χ4n) is 2.18. The largest absolute Gasteiger partial charge is 0.382 e. The second kappa shape index (κ2) is 7.37. The lowest BCUT2D eigenvalue weighted by atomic mass is 9.99. The molecule has 1 unspecified atom stereocenters. The maximum Gasteiger partial charge on any atom is 0.0377 e. The van der Waals surface area contributed by atoms with Gasteiger partial charge in [-0.25, -0.2) is 0 Å². The van der Waals surface area contributed by atoms with E-state index in [4.69, 9.17) is 0 Å². The van der Waals surface area contributed by atoms with E-state index in [9.17, 15) is 0 Å². The van der Waals surface area contributed by atoms with Crippen LogP contribution in [-0.4, -0.2) is 6.04 Å². The summed E-state index contributed by atoms with van der Waals surface area (Å²) in [6, 6.07) is 9.33. The number of nitrogens with one attached hydrogen (secondary N) is 1. The fourth-order valence-corrected chi connectivity index (χ4v) is 2.18. The molecule has 0 aliphatic heterocycles. The molecule has 17 heavy (non-hydrogen) atoms. The number of unbranched alkanes of at least 4 members (excludes halogenated alkanes) is 1. The minimum atomic E-state index is 0.586. The quantitative estimate of drug-likeness (QED) is 0.683. The van der Waals surface area contributed by atoms with Crippen molar-refractivity contribution < 1.29 is 0 Å². The minimum Gasteiger partial charge on any atom is -0.382 e. The SMILES string of the molecule is CCCCC(CC)Nc1ccccc1C(C)C. The van der Waals surface area contributed by atoms with Gasteiger partial charge in [0.25, 0.3) is 0 Å². The van der Waals surface area contributed by atoms with Crippen molar-refractivity contribution in [3.63, 3.8) is 0 Å². The third kappa shape index (κ3) is 4.41. The van der Waals surface area contributed by atoms with Gasteiger partial charge in [0.2, 0.25) is 0 Å². The van der Waals surface area contributed by atoms with Crippen LogP contribution in [0.25, 0.3) is 0 Å². The Hall–Kier alpha value is -0.980. The van der Waals surface area contributed by atoms with Gasteiger partial charge in [-0.05, 0) is 30.4 Å². The molecule has 1 N–H and O–H groups in total. The molecule has 1 nitrogen and oxygen atoms in total. The predicted molar refractivity (Wildman–Crippen MR) is 77.8 cm³/mol. The minimum absolute atomic E-state index is 0.586. The van der Waals surface area contributed by atoms with Crippen molar-refractivity contribution in [3.8, 4) is 0 Å². The number of hydrogen-bond acceptors (Lipinski definition) is 1. The molecule has 1 aromatic rings. The summed E-state index contributed by atoms with van der Waals surface area (Å²) in [4.78, 5) is 0. The fraction of sp³-hybridized carbons (Fsp3) is 0.625. The van der Waals surface area contributed by atoms with Crippen molar-refractivity contribution in [2.24, 2.45) is 0 Å². The van der Waals surface area contributed by atoms with Gasteiger partial charge in [0.1, 0.15) is 0 Å². The highest BCUT2D eigenvalue weighted by Gasteiger charge is 2.10. The Balaban J connectivity index is 2.71. The number of anilines is 1. The van der Waals surface area contributed by atoms with Gasteiger partial charge in [-0.3, -0.25) is 0 Å². The van der Waals surface area contributed by atoms with Crippen LogP contribution >= 0.6 is 0 Å². The van der Waals surface area contributed by atoms with E-state index in [-0.39, 0.29) is 0 Å². The average Bonchev–Trinajstić information content (AvgIpc) is 2.34. The van der Waals surface area contributed by atoms with Crippen LogP contribution in [0.3, 0.4) is 0 Å². The van der Waals surface area contributed by atoms with Gasteiger partial charge in [0.15, 0.2) is 0 Å². The summed E-state index contributed by atoms with van der Waals surface area (Å²) in [5.74, 6) is 0.586. The average molecular weight is 233 g/mol. The van der Waals surface area contributed by atoms with Crippen molar-refractivity contribution in [1.82, 2.24) is 0 Å². The summed E-state index contributed by atoms with van der Waals surface area (Å²) < 4.78 is 0. The summed E-state index contributed by atoms with van der Waals surface area (Å²) in [5, 5.41) is 3.71. The van der Waals surface area contributed by atoms with Crippen molar-refractivity contribution >= 4 is 5.69 Å². The van der Waals surface area contributed by atoms with Crippen molar-refractivity contribution in [3.05, 3.63) is 29.8 Å². The molecule has 96 valence electrons. The van der Waals surface area contributed by atoms with Crippen LogP contribution < -0.4 is 5.32 Å². The molecule has 0 saturated heterocycles. The maximum atomic E-state index is 3.71. The molecule has 0 spiro atoms. The van der Waals surface area contributed by atoms with Crippen molar-refractivity contribution in [2.75, 3.05) is 5.32 Å². The molecule has 0 aliphatic carbocycles. The van der Waals surface area contributed by atoms with E-state index in [0.29, 0.717) is 12.0 Å². The Morgan fingerprint density at radius 3 is 2.41 bits per heavy atom. The first-order valence-electron chi connectivity index (χ1n) is 7.04. The lowest BCUT2D eigenvalue weighted by Crippen LogP contribution is -2.19. The molecule has 0 aliphatic rings. The van der Waals surface area contributed by atoms with E-state index < -0.39 is 0 Å². The zero-order chi connectivity index (χ0) is 12.7. The lowest BCUT2D eigenvalue weighted by Gasteiger charge is -2.21. The molecule has 1 aromatic carbocycles. The number of para-hydroxylation sites is 1. The zero-order valence-corrected chi connectivity index (χ0v) is 11.8. The highest BCUT2D eigenvalue weighted by atomic mass is 14.9. The highest BCUT2D eigenvalue weighted by Crippen LogP contribution is 2.25. The first-order chi connectivity index (χ1) is 8.19. The predicted octanol–water partition coefficient (Wildman–Crippen LogP) is 5.19. The number of hydrogen-bond donors (Lipinski definition) is 1. The lowest BCUT2D eigenvalue weighted by molar-refractivity contribution is 0.592. The summed E-state index contributed by atoms with van der Waals surface area (Å²) in [6.45, 7) is 9.04. The Morgan fingerprint density at radius 2 is 1.82 bits per heavy atom. The molecule has 0 fully saturated rings. The van der Waals surface area contributed by atoms with E-state index >= 15 is 0 Å². The van der Waals surface area contributed by atoms with Gasteiger partial charge in [0.05, 0.1) is 0 Å². The smallest absolute Gasteiger partial charge is 0.0377 e. The molecule has 1 atom stereocenters. The monoisotopic (exact) mass is 233 g/mol. The van der Waals surface area contributed by atoms with Gasteiger partial charge in [-0.1, -0.05) is 58.7 Å². The first-order valence-corrected chi connectivity index (χ1v) is 7.04. The van der Waals surface area contributed by atoms with Crippen LogP contribution in [0.2, 0.25) is 0 Å². The molecule has 0 radical (unpaired) electrons. The number of rotatable bonds is 7. The van der Waals surface area contributed by atoms with Gasteiger partial charge in [-0.15, -0.1) is 0 Å². The summed E-state index contributed by atoms with van der Waals surface area (Å²) >= 11 is 0. The molecule has 0 saturated carbocycles. The van der Waals surface area contributed by atoms with E-state index in [1.807, 2.05) is 0 Å². The van der Waals surface area contributed by atoms with E-state index in [1.54, 1.807) is 0 Å². The summed E-state index contributed by atoms with van der Waals surface area (Å²) in [7, 11) is 0. The Bertz CT molecular complexity index is 317. The van der Waals surface area contributed by atoms with Gasteiger partial charge in [-0.2, -0.15) is 0 Å². The highest BCUT2D eigenvalue weighted by molar-refractivity contribution is 5.53. The second-order valence-electron chi connectivity index (χ2n) is 5.13. The van der Waals surface area contributed by atoms with Gasteiger partial charge < -0.3 is 5.32 Å². The normalized spacial score (nSPS) is 12.8. The Morgan fingerprint density at radius 1 is 1.12 bits per heavy atom. The van der Waals surface area contributed by atoms with Crippen LogP contribution in [0.4, 0.5) is 5.69 Å². The van der Waals surface area contributed by atoms with E-state index in [0.717, 1.165) is 0 Å². The molecule has 0 heterocycles. The van der Waals surface area contributed by atoms with Crippen LogP contribution in [0.15, 0.2) is 24.3 Å². The van der Waals surface area contributed by atoms with Crippen LogP contribution in [-0.2, 0) is 0 Å². The van der Waals surface area contributed by atoms with Gasteiger partial charge >= 0.3 is 0 Å². The molecular weight excluding hydrogens is 206 g/mol. The van der Waals surface area contributed by atoms with E-state index in [1.165, 1.54) is 36.9 Å². The molecule has 0 bridgehead atoms. The topological polar surface area (TPSA) is 12.0 Å². The Labute approximate surface area is 107 Å². The number of benzene rings is 1. The third-order valence-electron chi connectivity index (χ3n) is 3.34. The molecule has 1 rings (SSSR count). The maximum absolute atomic E-state index is 3.71. The zero-order valence-electron chi connectivity index (χ0n) is 11.8. The molecule has 0 aromatic heterocycles. The van der Waals surface area contributed by atoms with E-state index in [2.05, 4.69) is 57.3 Å². The second-order valence-corrected chi connectivity index (χ2v) is 5.13. The van der Waals surface area contributed by atoms with Crippen molar-refractivity contribution in [1.29, 1.82) is 0 Å². The molecule has 1 heteroatoms.